The van der Waals surface area contributed by atoms with Crippen LogP contribution in [0.2, 0.25) is 0 Å². The van der Waals surface area contributed by atoms with Crippen LogP contribution in [-0.4, -0.2) is 27.9 Å². The van der Waals surface area contributed by atoms with Gasteiger partial charge in [-0.25, -0.2) is 0 Å². The minimum atomic E-state index is 0.111. The minimum absolute atomic E-state index is 0.111. The zero-order valence-corrected chi connectivity index (χ0v) is 8.30. The Bertz CT molecular complexity index is 329. The third kappa shape index (κ3) is 2.11. The second-order valence-electron chi connectivity index (χ2n) is 3.14. The minimum Gasteiger partial charge on any atom is -0.367 e. The lowest BCUT2D eigenvalue weighted by Crippen LogP contribution is -2.41. The average Bonchev–Trinajstić information content (AvgIpc) is 2.56. The molecule has 6 nitrogen and oxygen atoms in total. The number of aromatic nitrogens is 2. The number of hydrogen-bond acceptors (Lipinski definition) is 6. The van der Waals surface area contributed by atoms with E-state index in [2.05, 4.69) is 20.0 Å². The Morgan fingerprint density at radius 3 is 3.07 bits per heavy atom. The number of piperidine rings is 1. The summed E-state index contributed by atoms with van der Waals surface area (Å²) in [5.74, 6) is 0.400. The number of rotatable bonds is 2. The summed E-state index contributed by atoms with van der Waals surface area (Å²) in [6.45, 7) is 0.637. The number of anilines is 2. The van der Waals surface area contributed by atoms with Crippen LogP contribution in [0.4, 0.5) is 11.1 Å². The maximum absolute atomic E-state index is 10.9. The zero-order chi connectivity index (χ0) is 9.97. The molecule has 0 saturated carbocycles. The Morgan fingerprint density at radius 2 is 2.50 bits per heavy atom. The lowest BCUT2D eigenvalue weighted by atomic mass is 10.1. The van der Waals surface area contributed by atoms with Crippen LogP contribution in [0.15, 0.2) is 0 Å². The van der Waals surface area contributed by atoms with Crippen LogP contribution in [-0.2, 0) is 4.79 Å². The SMILES string of the molecule is Nc1nsc(NC2CCC(=O)NC2)n1. The fraction of sp³-hybridized carbons (Fsp3) is 0.571. The molecule has 0 bridgehead atoms. The van der Waals surface area contributed by atoms with Gasteiger partial charge in [-0.1, -0.05) is 0 Å². The van der Waals surface area contributed by atoms with Crippen molar-refractivity contribution in [2.24, 2.45) is 0 Å². The highest BCUT2D eigenvalue weighted by Crippen LogP contribution is 2.15. The first-order valence-corrected chi connectivity index (χ1v) is 5.14. The first-order chi connectivity index (χ1) is 6.74. The second kappa shape index (κ2) is 3.79. The summed E-state index contributed by atoms with van der Waals surface area (Å²) < 4.78 is 3.86. The van der Waals surface area contributed by atoms with Gasteiger partial charge in [0.25, 0.3) is 0 Å². The molecule has 1 saturated heterocycles. The van der Waals surface area contributed by atoms with Crippen LogP contribution in [0.5, 0.6) is 0 Å². The number of nitrogen functional groups attached to an aromatic ring is 1. The molecule has 1 aromatic heterocycles. The van der Waals surface area contributed by atoms with Gasteiger partial charge in [-0.2, -0.15) is 9.36 Å². The van der Waals surface area contributed by atoms with Gasteiger partial charge in [-0.05, 0) is 6.42 Å². The van der Waals surface area contributed by atoms with E-state index in [1.54, 1.807) is 0 Å². The molecule has 0 aromatic carbocycles. The molecule has 76 valence electrons. The summed E-state index contributed by atoms with van der Waals surface area (Å²) in [5, 5.41) is 6.67. The van der Waals surface area contributed by atoms with Gasteiger partial charge in [0, 0.05) is 30.5 Å². The van der Waals surface area contributed by atoms with Gasteiger partial charge in [0.1, 0.15) is 0 Å². The summed E-state index contributed by atoms with van der Waals surface area (Å²) in [5.41, 5.74) is 5.38. The van der Waals surface area contributed by atoms with Crippen LogP contribution in [0.25, 0.3) is 0 Å². The number of amides is 1. The zero-order valence-electron chi connectivity index (χ0n) is 7.49. The Morgan fingerprint density at radius 1 is 1.64 bits per heavy atom. The molecule has 1 fully saturated rings. The average molecular weight is 213 g/mol. The molecule has 0 aliphatic carbocycles. The summed E-state index contributed by atoms with van der Waals surface area (Å²) in [6.07, 6.45) is 1.39. The molecule has 4 N–H and O–H groups in total. The van der Waals surface area contributed by atoms with Crippen molar-refractivity contribution >= 4 is 28.5 Å². The van der Waals surface area contributed by atoms with Crippen LogP contribution in [0.1, 0.15) is 12.8 Å². The Hall–Kier alpha value is -1.37. The lowest BCUT2D eigenvalue weighted by molar-refractivity contribution is -0.122. The monoisotopic (exact) mass is 213 g/mol. The van der Waals surface area contributed by atoms with E-state index in [0.29, 0.717) is 18.1 Å². The van der Waals surface area contributed by atoms with Crippen LogP contribution in [0, 0.1) is 0 Å². The van der Waals surface area contributed by atoms with Gasteiger partial charge in [0.15, 0.2) is 0 Å². The molecule has 1 unspecified atom stereocenters. The van der Waals surface area contributed by atoms with Crippen molar-refractivity contribution in [2.75, 3.05) is 17.6 Å². The number of carbonyl (C=O) groups excluding carboxylic acids is 1. The molecular formula is C7H11N5OS. The van der Waals surface area contributed by atoms with Gasteiger partial charge in [0.05, 0.1) is 0 Å². The number of nitrogens with two attached hydrogens (primary N) is 1. The predicted octanol–water partition coefficient (Wildman–Crippen LogP) is -0.189. The smallest absolute Gasteiger partial charge is 0.233 e. The van der Waals surface area contributed by atoms with Crippen molar-refractivity contribution in [2.45, 2.75) is 18.9 Å². The van der Waals surface area contributed by atoms with Gasteiger partial charge < -0.3 is 16.4 Å². The van der Waals surface area contributed by atoms with E-state index in [1.165, 1.54) is 11.5 Å². The van der Waals surface area contributed by atoms with Crippen molar-refractivity contribution in [1.82, 2.24) is 14.7 Å². The predicted molar refractivity (Wildman–Crippen MR) is 54.0 cm³/mol. The van der Waals surface area contributed by atoms with Gasteiger partial charge >= 0.3 is 0 Å². The molecule has 1 aliphatic heterocycles. The van der Waals surface area contributed by atoms with Crippen molar-refractivity contribution in [3.8, 4) is 0 Å². The Kier molecular flexibility index (Phi) is 2.49. The van der Waals surface area contributed by atoms with E-state index >= 15 is 0 Å². The van der Waals surface area contributed by atoms with Gasteiger partial charge in [-0.3, -0.25) is 4.79 Å². The van der Waals surface area contributed by atoms with E-state index in [-0.39, 0.29) is 17.9 Å². The van der Waals surface area contributed by atoms with Crippen molar-refractivity contribution in [1.29, 1.82) is 0 Å². The van der Waals surface area contributed by atoms with Gasteiger partial charge in [-0.15, -0.1) is 0 Å². The number of hydrogen-bond donors (Lipinski definition) is 3. The van der Waals surface area contributed by atoms with E-state index in [4.69, 9.17) is 5.73 Å². The first-order valence-electron chi connectivity index (χ1n) is 4.36. The summed E-state index contributed by atoms with van der Waals surface area (Å²) in [7, 11) is 0. The number of carbonyl (C=O) groups is 1. The van der Waals surface area contributed by atoms with Crippen molar-refractivity contribution in [3.63, 3.8) is 0 Å². The van der Waals surface area contributed by atoms with E-state index in [1.807, 2.05) is 0 Å². The summed E-state index contributed by atoms with van der Waals surface area (Å²) >= 11 is 1.23. The summed E-state index contributed by atoms with van der Waals surface area (Å²) in [4.78, 5) is 14.9. The molecule has 14 heavy (non-hydrogen) atoms. The van der Waals surface area contributed by atoms with Gasteiger partial charge in [0.2, 0.25) is 17.0 Å². The molecule has 1 atom stereocenters. The van der Waals surface area contributed by atoms with Crippen molar-refractivity contribution in [3.05, 3.63) is 0 Å². The van der Waals surface area contributed by atoms with E-state index < -0.39 is 0 Å². The first kappa shape index (κ1) is 9.20. The highest BCUT2D eigenvalue weighted by atomic mass is 32.1. The Labute approximate surface area is 85.1 Å². The highest BCUT2D eigenvalue weighted by Gasteiger charge is 2.18. The quantitative estimate of drug-likeness (QED) is 0.633. The van der Waals surface area contributed by atoms with Crippen molar-refractivity contribution < 1.29 is 4.79 Å². The van der Waals surface area contributed by atoms with E-state index in [0.717, 1.165) is 6.42 Å². The molecule has 2 heterocycles. The summed E-state index contributed by atoms with van der Waals surface area (Å²) in [6, 6.07) is 0.236. The molecule has 7 heteroatoms. The maximum atomic E-state index is 10.9. The van der Waals surface area contributed by atoms with Crippen LogP contribution >= 0.6 is 11.5 Å². The molecule has 0 radical (unpaired) electrons. The van der Waals surface area contributed by atoms with Crippen LogP contribution < -0.4 is 16.4 Å². The van der Waals surface area contributed by atoms with Crippen LogP contribution in [0.3, 0.4) is 0 Å². The molecule has 0 spiro atoms. The highest BCUT2D eigenvalue weighted by molar-refractivity contribution is 7.09. The molecule has 1 aromatic rings. The Balaban J connectivity index is 1.89. The largest absolute Gasteiger partial charge is 0.367 e. The second-order valence-corrected chi connectivity index (χ2v) is 3.89. The fourth-order valence-electron chi connectivity index (χ4n) is 1.32. The number of nitrogens with zero attached hydrogens (tertiary/aromatic N) is 2. The molecule has 1 aliphatic rings. The normalized spacial score (nSPS) is 21.7. The topological polar surface area (TPSA) is 92.9 Å². The molecule has 2 rings (SSSR count). The third-order valence-electron chi connectivity index (χ3n) is 2.03. The maximum Gasteiger partial charge on any atom is 0.233 e. The lowest BCUT2D eigenvalue weighted by Gasteiger charge is -2.22. The van der Waals surface area contributed by atoms with E-state index in [9.17, 15) is 4.79 Å². The molecule has 1 amide bonds. The third-order valence-corrected chi connectivity index (χ3v) is 2.70. The number of nitrogens with one attached hydrogen (secondary N) is 2. The fourth-order valence-corrected chi connectivity index (χ4v) is 1.90. The standard InChI is InChI=1S/C7H11N5OS/c8-6-11-7(14-12-6)10-4-1-2-5(13)9-3-4/h4H,1-3H2,(H,9,13)(H3,8,10,11,12). The molecular weight excluding hydrogens is 202 g/mol.